The molecule has 1 aliphatic heterocycles. The normalized spacial score (nSPS) is 20.5. The summed E-state index contributed by atoms with van der Waals surface area (Å²) in [5.41, 5.74) is 0.356. The number of likely N-dealkylation sites (tertiary alicyclic amines) is 1. The van der Waals surface area contributed by atoms with Crippen molar-refractivity contribution in [1.29, 1.82) is 0 Å². The molecular formula is C15H32N2. The molecule has 0 aliphatic carbocycles. The summed E-state index contributed by atoms with van der Waals surface area (Å²) in [5.74, 6) is 1.70. The predicted molar refractivity (Wildman–Crippen MR) is 76.4 cm³/mol. The molecule has 0 radical (unpaired) electrons. The number of nitrogens with zero attached hydrogens (tertiary/aromatic N) is 2. The fourth-order valence-electron chi connectivity index (χ4n) is 2.93. The van der Waals surface area contributed by atoms with E-state index < -0.39 is 0 Å². The van der Waals surface area contributed by atoms with Crippen LogP contribution in [0.25, 0.3) is 0 Å². The predicted octanol–water partition coefficient (Wildman–Crippen LogP) is 3.08. The van der Waals surface area contributed by atoms with Gasteiger partial charge in [-0.25, -0.2) is 0 Å². The van der Waals surface area contributed by atoms with E-state index in [-0.39, 0.29) is 0 Å². The maximum absolute atomic E-state index is 2.63. The topological polar surface area (TPSA) is 6.48 Å². The molecule has 1 aliphatic rings. The lowest BCUT2D eigenvalue weighted by Crippen LogP contribution is -2.47. The summed E-state index contributed by atoms with van der Waals surface area (Å²) in [4.78, 5) is 5.15. The molecule has 2 heteroatoms. The van der Waals surface area contributed by atoms with Gasteiger partial charge in [-0.1, -0.05) is 13.8 Å². The lowest BCUT2D eigenvalue weighted by molar-refractivity contribution is 0.0764. The third kappa shape index (κ3) is 5.39. The van der Waals surface area contributed by atoms with Gasteiger partial charge in [0, 0.05) is 18.6 Å². The van der Waals surface area contributed by atoms with E-state index in [2.05, 4.69) is 51.5 Å². The van der Waals surface area contributed by atoms with Gasteiger partial charge in [-0.3, -0.25) is 4.90 Å². The van der Waals surface area contributed by atoms with Crippen LogP contribution in [0.2, 0.25) is 0 Å². The fraction of sp³-hybridized carbons (Fsp3) is 1.00. The highest BCUT2D eigenvalue weighted by molar-refractivity contribution is 4.82. The van der Waals surface area contributed by atoms with Crippen molar-refractivity contribution >= 4 is 0 Å². The van der Waals surface area contributed by atoms with E-state index in [1.165, 1.54) is 39.0 Å². The summed E-state index contributed by atoms with van der Waals surface area (Å²) in [6, 6.07) is 0. The van der Waals surface area contributed by atoms with Crippen LogP contribution in [-0.2, 0) is 0 Å². The Morgan fingerprint density at radius 2 is 1.71 bits per heavy atom. The zero-order chi connectivity index (χ0) is 13.1. The first-order valence-corrected chi connectivity index (χ1v) is 7.22. The highest BCUT2D eigenvalue weighted by Crippen LogP contribution is 2.24. The highest BCUT2D eigenvalue weighted by atomic mass is 15.2. The van der Waals surface area contributed by atoms with E-state index in [1.807, 2.05) is 0 Å². The molecule has 0 N–H and O–H groups in total. The Hall–Kier alpha value is -0.0800. The molecule has 0 aromatic heterocycles. The van der Waals surface area contributed by atoms with Crippen LogP contribution in [0.15, 0.2) is 0 Å². The maximum Gasteiger partial charge on any atom is 0.0125 e. The van der Waals surface area contributed by atoms with Crippen molar-refractivity contribution in [3.05, 3.63) is 0 Å². The SMILES string of the molecule is CC(C)CN(C)CC1CCN(C(C)(C)C)CC1. The molecule has 1 rings (SSSR count). The Morgan fingerprint density at radius 3 is 2.12 bits per heavy atom. The minimum absolute atomic E-state index is 0.356. The highest BCUT2D eigenvalue weighted by Gasteiger charge is 2.27. The summed E-state index contributed by atoms with van der Waals surface area (Å²) in [6.07, 6.45) is 2.75. The molecule has 102 valence electrons. The molecule has 2 nitrogen and oxygen atoms in total. The molecule has 0 aromatic carbocycles. The van der Waals surface area contributed by atoms with Gasteiger partial charge in [0.25, 0.3) is 0 Å². The average molecular weight is 240 g/mol. The quantitative estimate of drug-likeness (QED) is 0.745. The number of rotatable bonds is 4. The van der Waals surface area contributed by atoms with Crippen molar-refractivity contribution in [3.8, 4) is 0 Å². The standard InChI is InChI=1S/C15H32N2/c1-13(2)11-16(6)12-14-7-9-17(10-8-14)15(3,4)5/h13-14H,7-12H2,1-6H3. The molecule has 0 bridgehead atoms. The Bertz CT molecular complexity index is 209. The van der Waals surface area contributed by atoms with Crippen LogP contribution in [0.4, 0.5) is 0 Å². The zero-order valence-electron chi connectivity index (χ0n) is 12.8. The minimum atomic E-state index is 0.356. The van der Waals surface area contributed by atoms with E-state index >= 15 is 0 Å². The third-order valence-electron chi connectivity index (χ3n) is 3.81. The van der Waals surface area contributed by atoms with Gasteiger partial charge < -0.3 is 4.90 Å². The fourth-order valence-corrected chi connectivity index (χ4v) is 2.93. The summed E-state index contributed by atoms with van der Waals surface area (Å²) in [7, 11) is 2.27. The van der Waals surface area contributed by atoms with Gasteiger partial charge in [0.1, 0.15) is 0 Å². The van der Waals surface area contributed by atoms with Crippen LogP contribution in [0.5, 0.6) is 0 Å². The molecule has 0 spiro atoms. The summed E-state index contributed by atoms with van der Waals surface area (Å²) >= 11 is 0. The van der Waals surface area contributed by atoms with E-state index in [1.54, 1.807) is 0 Å². The smallest absolute Gasteiger partial charge is 0.0125 e. The van der Waals surface area contributed by atoms with Crippen molar-refractivity contribution < 1.29 is 0 Å². The first kappa shape index (κ1) is 15.0. The van der Waals surface area contributed by atoms with Crippen molar-refractivity contribution in [3.63, 3.8) is 0 Å². The molecule has 0 saturated carbocycles. The molecule has 0 amide bonds. The maximum atomic E-state index is 2.63. The summed E-state index contributed by atoms with van der Waals surface area (Å²) < 4.78 is 0. The number of piperidine rings is 1. The van der Waals surface area contributed by atoms with Crippen molar-refractivity contribution in [2.24, 2.45) is 11.8 Å². The van der Waals surface area contributed by atoms with Crippen LogP contribution in [0, 0.1) is 11.8 Å². The van der Waals surface area contributed by atoms with Gasteiger partial charge in [-0.05, 0) is 65.6 Å². The Morgan fingerprint density at radius 1 is 1.18 bits per heavy atom. The van der Waals surface area contributed by atoms with Gasteiger partial charge in [0.2, 0.25) is 0 Å². The molecule has 0 unspecified atom stereocenters. The van der Waals surface area contributed by atoms with E-state index in [4.69, 9.17) is 0 Å². The van der Waals surface area contributed by atoms with E-state index in [0.29, 0.717) is 5.54 Å². The monoisotopic (exact) mass is 240 g/mol. The summed E-state index contributed by atoms with van der Waals surface area (Å²) in [6.45, 7) is 16.7. The van der Waals surface area contributed by atoms with Gasteiger partial charge >= 0.3 is 0 Å². The van der Waals surface area contributed by atoms with Crippen LogP contribution in [-0.4, -0.2) is 48.6 Å². The third-order valence-corrected chi connectivity index (χ3v) is 3.81. The Balaban J connectivity index is 2.28. The second-order valence-electron chi connectivity index (χ2n) is 7.22. The molecule has 1 heterocycles. The molecular weight excluding hydrogens is 208 g/mol. The Labute approximate surface area is 108 Å². The minimum Gasteiger partial charge on any atom is -0.306 e. The van der Waals surface area contributed by atoms with Crippen molar-refractivity contribution in [2.75, 3.05) is 33.2 Å². The van der Waals surface area contributed by atoms with E-state index in [9.17, 15) is 0 Å². The lowest BCUT2D eigenvalue weighted by Gasteiger charge is -2.41. The first-order valence-electron chi connectivity index (χ1n) is 7.22. The molecule has 0 atom stereocenters. The van der Waals surface area contributed by atoms with Gasteiger partial charge in [0.05, 0.1) is 0 Å². The molecule has 17 heavy (non-hydrogen) atoms. The van der Waals surface area contributed by atoms with E-state index in [0.717, 1.165) is 11.8 Å². The summed E-state index contributed by atoms with van der Waals surface area (Å²) in [5, 5.41) is 0. The molecule has 1 fully saturated rings. The number of hydrogen-bond acceptors (Lipinski definition) is 2. The van der Waals surface area contributed by atoms with Crippen LogP contribution in [0.1, 0.15) is 47.5 Å². The molecule has 1 saturated heterocycles. The van der Waals surface area contributed by atoms with Crippen LogP contribution in [0.3, 0.4) is 0 Å². The van der Waals surface area contributed by atoms with Crippen LogP contribution < -0.4 is 0 Å². The second kappa shape index (κ2) is 6.19. The first-order chi connectivity index (χ1) is 7.79. The molecule has 0 aromatic rings. The average Bonchev–Trinajstić information content (AvgIpc) is 2.15. The number of hydrogen-bond donors (Lipinski definition) is 0. The largest absolute Gasteiger partial charge is 0.306 e. The van der Waals surface area contributed by atoms with Gasteiger partial charge in [-0.15, -0.1) is 0 Å². The van der Waals surface area contributed by atoms with Crippen molar-refractivity contribution in [1.82, 2.24) is 9.80 Å². The van der Waals surface area contributed by atoms with Crippen molar-refractivity contribution in [2.45, 2.75) is 53.0 Å². The lowest BCUT2D eigenvalue weighted by atomic mass is 9.92. The van der Waals surface area contributed by atoms with Gasteiger partial charge in [0.15, 0.2) is 0 Å². The zero-order valence-corrected chi connectivity index (χ0v) is 12.8. The van der Waals surface area contributed by atoms with Crippen LogP contribution >= 0.6 is 0 Å². The second-order valence-corrected chi connectivity index (χ2v) is 7.22. The van der Waals surface area contributed by atoms with Gasteiger partial charge in [-0.2, -0.15) is 0 Å². The Kier molecular flexibility index (Phi) is 5.46.